The van der Waals surface area contributed by atoms with E-state index in [-0.39, 0.29) is 5.97 Å². The fourth-order valence-corrected chi connectivity index (χ4v) is 3.32. The van der Waals surface area contributed by atoms with Gasteiger partial charge in [-0.25, -0.2) is 0 Å². The van der Waals surface area contributed by atoms with Crippen LogP contribution in [-0.4, -0.2) is 19.1 Å². The number of ether oxygens (including phenoxy) is 1. The van der Waals surface area contributed by atoms with E-state index in [0.29, 0.717) is 5.75 Å². The lowest BCUT2D eigenvalue weighted by Gasteiger charge is -2.32. The van der Waals surface area contributed by atoms with E-state index >= 15 is 0 Å². The molecule has 0 amide bonds. The normalized spacial score (nSPS) is 13.9. The Labute approximate surface area is 162 Å². The highest BCUT2D eigenvalue weighted by atomic mass is 16.5. The van der Waals surface area contributed by atoms with Crippen LogP contribution >= 0.6 is 0 Å². The second-order valence-electron chi connectivity index (χ2n) is 8.29. The van der Waals surface area contributed by atoms with Gasteiger partial charge in [0.2, 0.25) is 0 Å². The Bertz CT molecular complexity index is 837. The van der Waals surface area contributed by atoms with Crippen LogP contribution in [0, 0.1) is 12.3 Å². The molecule has 0 aliphatic carbocycles. The zero-order valence-electron chi connectivity index (χ0n) is 17.1. The average Bonchev–Trinajstić information content (AvgIpc) is 2.61. The van der Waals surface area contributed by atoms with Crippen LogP contribution in [0.5, 0.6) is 5.75 Å². The highest BCUT2D eigenvalue weighted by Crippen LogP contribution is 2.33. The van der Waals surface area contributed by atoms with Crippen molar-refractivity contribution in [1.82, 2.24) is 0 Å². The Hall–Kier alpha value is -2.49. The summed E-state index contributed by atoms with van der Waals surface area (Å²) in [7, 11) is 0. The van der Waals surface area contributed by atoms with Crippen molar-refractivity contribution in [2.45, 2.75) is 47.6 Å². The number of fused-ring (bicyclic) bond motifs is 1. The number of nitrogens with one attached hydrogen (secondary N) is 1. The van der Waals surface area contributed by atoms with Crippen LogP contribution in [0.1, 0.15) is 44.4 Å². The molecule has 3 rings (SSSR count). The van der Waals surface area contributed by atoms with Crippen molar-refractivity contribution in [2.24, 2.45) is 5.41 Å². The minimum Gasteiger partial charge on any atom is -0.426 e. The van der Waals surface area contributed by atoms with Crippen LogP contribution in [0.3, 0.4) is 0 Å². The van der Waals surface area contributed by atoms with Crippen molar-refractivity contribution >= 4 is 17.3 Å². The van der Waals surface area contributed by atoms with Gasteiger partial charge in [0.05, 0.1) is 16.8 Å². The lowest BCUT2D eigenvalue weighted by molar-refractivity contribution is -0.143. The number of benzene rings is 2. The number of nitrogens with zero attached hydrogens (tertiary/aromatic N) is 1. The number of aryl methyl sites for hydroxylation is 1. The number of hydrogen-bond acceptors (Lipinski definition) is 4. The maximum atomic E-state index is 12.1. The highest BCUT2D eigenvalue weighted by Gasteiger charge is 2.25. The van der Waals surface area contributed by atoms with Crippen LogP contribution in [0.15, 0.2) is 36.4 Å². The Morgan fingerprint density at radius 3 is 2.63 bits per heavy atom. The molecule has 2 aromatic carbocycles. The van der Waals surface area contributed by atoms with Gasteiger partial charge in [-0.2, -0.15) is 0 Å². The molecule has 0 saturated carbocycles. The molecule has 1 heterocycles. The molecule has 0 bridgehead atoms. The number of anilines is 2. The maximum absolute atomic E-state index is 12.1. The van der Waals surface area contributed by atoms with Crippen LogP contribution in [0.25, 0.3) is 0 Å². The summed E-state index contributed by atoms with van der Waals surface area (Å²) in [6.45, 7) is 12.6. The minimum absolute atomic E-state index is 0.199. The number of rotatable bonds is 4. The van der Waals surface area contributed by atoms with Gasteiger partial charge in [-0.15, -0.1) is 0 Å². The summed E-state index contributed by atoms with van der Waals surface area (Å²) < 4.78 is 5.56. The Kier molecular flexibility index (Phi) is 5.45. The molecule has 0 saturated heterocycles. The van der Waals surface area contributed by atoms with Gasteiger partial charge in [-0.3, -0.25) is 4.79 Å². The molecule has 1 aliphatic heterocycles. The van der Waals surface area contributed by atoms with Crippen molar-refractivity contribution in [3.8, 4) is 5.75 Å². The molecule has 144 valence electrons. The first-order valence-electron chi connectivity index (χ1n) is 9.71. The summed E-state index contributed by atoms with van der Waals surface area (Å²) in [4.78, 5) is 14.5. The SMILES string of the molecule is CCNc1cc(C)ccc1N1CCc2cc(OC(=O)C(C)(C)C)ccc2C1. The van der Waals surface area contributed by atoms with Gasteiger partial charge in [0, 0.05) is 19.6 Å². The third-order valence-electron chi connectivity index (χ3n) is 4.87. The molecular formula is C23H30N2O2. The van der Waals surface area contributed by atoms with Crippen molar-refractivity contribution < 1.29 is 9.53 Å². The van der Waals surface area contributed by atoms with E-state index in [1.54, 1.807) is 0 Å². The van der Waals surface area contributed by atoms with Crippen LogP contribution < -0.4 is 15.0 Å². The zero-order valence-corrected chi connectivity index (χ0v) is 17.1. The van der Waals surface area contributed by atoms with Crippen molar-refractivity contribution in [3.05, 3.63) is 53.1 Å². The molecule has 1 aliphatic rings. The van der Waals surface area contributed by atoms with E-state index in [4.69, 9.17) is 4.74 Å². The van der Waals surface area contributed by atoms with Gasteiger partial charge in [-0.1, -0.05) is 12.1 Å². The largest absolute Gasteiger partial charge is 0.426 e. The molecule has 0 atom stereocenters. The first kappa shape index (κ1) is 19.3. The van der Waals surface area contributed by atoms with Crippen molar-refractivity contribution in [2.75, 3.05) is 23.3 Å². The second-order valence-corrected chi connectivity index (χ2v) is 8.29. The van der Waals surface area contributed by atoms with Gasteiger partial charge < -0.3 is 15.0 Å². The number of carbonyl (C=O) groups excluding carboxylic acids is 1. The summed E-state index contributed by atoms with van der Waals surface area (Å²) in [6.07, 6.45) is 0.940. The van der Waals surface area contributed by atoms with Crippen LogP contribution in [0.4, 0.5) is 11.4 Å². The van der Waals surface area contributed by atoms with E-state index in [0.717, 1.165) is 26.1 Å². The van der Waals surface area contributed by atoms with Crippen molar-refractivity contribution in [1.29, 1.82) is 0 Å². The van der Waals surface area contributed by atoms with Crippen molar-refractivity contribution in [3.63, 3.8) is 0 Å². The molecule has 0 radical (unpaired) electrons. The average molecular weight is 367 g/mol. The summed E-state index contributed by atoms with van der Waals surface area (Å²) in [5, 5.41) is 3.48. The molecular weight excluding hydrogens is 336 g/mol. The standard InChI is InChI=1S/C23H30N2O2/c1-6-24-20-13-16(2)7-10-21(20)25-12-11-17-14-19(9-8-18(17)15-25)27-22(26)23(3,4)5/h7-10,13-14,24H,6,11-12,15H2,1-5H3. The van der Waals surface area contributed by atoms with E-state index in [1.165, 1.54) is 28.1 Å². The first-order valence-corrected chi connectivity index (χ1v) is 9.71. The lowest BCUT2D eigenvalue weighted by atomic mass is 9.97. The fraction of sp³-hybridized carbons (Fsp3) is 0.435. The third kappa shape index (κ3) is 4.44. The molecule has 27 heavy (non-hydrogen) atoms. The quantitative estimate of drug-likeness (QED) is 0.615. The number of hydrogen-bond donors (Lipinski definition) is 1. The first-order chi connectivity index (χ1) is 12.8. The van der Waals surface area contributed by atoms with Gasteiger partial charge >= 0.3 is 5.97 Å². The number of esters is 1. The predicted octanol–water partition coefficient (Wildman–Crippen LogP) is 4.94. The highest BCUT2D eigenvalue weighted by molar-refractivity contribution is 5.78. The van der Waals surface area contributed by atoms with Gasteiger partial charge in [0.25, 0.3) is 0 Å². The Balaban J connectivity index is 1.79. The number of carbonyl (C=O) groups is 1. The smallest absolute Gasteiger partial charge is 0.316 e. The van der Waals surface area contributed by atoms with Crippen LogP contribution in [-0.2, 0) is 17.8 Å². The van der Waals surface area contributed by atoms with E-state index in [1.807, 2.05) is 32.9 Å². The Morgan fingerprint density at radius 1 is 1.15 bits per heavy atom. The summed E-state index contributed by atoms with van der Waals surface area (Å²) >= 11 is 0. The summed E-state index contributed by atoms with van der Waals surface area (Å²) in [6, 6.07) is 12.6. The van der Waals surface area contributed by atoms with E-state index in [9.17, 15) is 4.79 Å². The van der Waals surface area contributed by atoms with Gasteiger partial charge in [0.1, 0.15) is 5.75 Å². The Morgan fingerprint density at radius 2 is 1.93 bits per heavy atom. The molecule has 0 spiro atoms. The van der Waals surface area contributed by atoms with E-state index in [2.05, 4.69) is 48.3 Å². The van der Waals surface area contributed by atoms with Crippen LogP contribution in [0.2, 0.25) is 0 Å². The summed E-state index contributed by atoms with van der Waals surface area (Å²) in [5.74, 6) is 0.445. The fourth-order valence-electron chi connectivity index (χ4n) is 3.32. The third-order valence-corrected chi connectivity index (χ3v) is 4.87. The molecule has 0 fully saturated rings. The summed E-state index contributed by atoms with van der Waals surface area (Å²) in [5.41, 5.74) is 5.76. The second kappa shape index (κ2) is 7.63. The maximum Gasteiger partial charge on any atom is 0.316 e. The monoisotopic (exact) mass is 366 g/mol. The zero-order chi connectivity index (χ0) is 19.6. The molecule has 2 aromatic rings. The van der Waals surface area contributed by atoms with Gasteiger partial charge in [-0.05, 0) is 82.0 Å². The molecule has 0 unspecified atom stereocenters. The molecule has 4 nitrogen and oxygen atoms in total. The topological polar surface area (TPSA) is 41.6 Å². The van der Waals surface area contributed by atoms with E-state index < -0.39 is 5.41 Å². The minimum atomic E-state index is -0.499. The molecule has 0 aromatic heterocycles. The lowest BCUT2D eigenvalue weighted by Crippen LogP contribution is -2.31. The molecule has 1 N–H and O–H groups in total. The van der Waals surface area contributed by atoms with Gasteiger partial charge in [0.15, 0.2) is 0 Å². The molecule has 4 heteroatoms. The predicted molar refractivity (Wildman–Crippen MR) is 112 cm³/mol.